The zero-order valence-corrected chi connectivity index (χ0v) is 20.3. The molecule has 2 aliphatic carbocycles. The second kappa shape index (κ2) is 10.8. The van der Waals surface area contributed by atoms with Gasteiger partial charge in [-0.15, -0.1) is 0 Å². The molecule has 196 valence electrons. The average molecular weight is 489 g/mol. The summed E-state index contributed by atoms with van der Waals surface area (Å²) in [6, 6.07) is 0. The molecule has 3 fully saturated rings. The van der Waals surface area contributed by atoms with Gasteiger partial charge in [0.15, 0.2) is 6.29 Å². The van der Waals surface area contributed by atoms with E-state index in [1.807, 2.05) is 6.92 Å². The van der Waals surface area contributed by atoms with Crippen LogP contribution in [-0.4, -0.2) is 87.5 Å². The predicted molar refractivity (Wildman–Crippen MR) is 118 cm³/mol. The third-order valence-electron chi connectivity index (χ3n) is 8.77. The maximum absolute atomic E-state index is 11.4. The molecule has 10 atom stereocenters. The SMILES string of the molecule is CC(CCCC1(C)C2CCC1(C)C(O)C2)CO[C@H]1O[C@@H](COC(=O)CC(=O)O)[C@H](O)[C@@H](O)[C@@H]1O. The van der Waals surface area contributed by atoms with Crippen molar-refractivity contribution in [2.24, 2.45) is 22.7 Å². The Morgan fingerprint density at radius 3 is 2.41 bits per heavy atom. The van der Waals surface area contributed by atoms with E-state index in [-0.39, 0.29) is 29.5 Å². The predicted octanol–water partition coefficient (Wildman–Crippen LogP) is 0.822. The second-order valence-corrected chi connectivity index (χ2v) is 10.9. The van der Waals surface area contributed by atoms with Crippen molar-refractivity contribution in [3.8, 4) is 0 Å². The van der Waals surface area contributed by atoms with Crippen LogP contribution in [0.1, 0.15) is 65.7 Å². The fourth-order valence-electron chi connectivity index (χ4n) is 6.19. The Hall–Kier alpha value is -1.30. The molecule has 0 spiro atoms. The van der Waals surface area contributed by atoms with E-state index in [1.165, 1.54) is 6.42 Å². The number of aliphatic hydroxyl groups is 4. The van der Waals surface area contributed by atoms with Crippen molar-refractivity contribution in [2.75, 3.05) is 13.2 Å². The quantitative estimate of drug-likeness (QED) is 0.208. The third-order valence-corrected chi connectivity index (χ3v) is 8.77. The van der Waals surface area contributed by atoms with Crippen LogP contribution in [0.3, 0.4) is 0 Å². The van der Waals surface area contributed by atoms with Crippen molar-refractivity contribution in [1.82, 2.24) is 0 Å². The average Bonchev–Trinajstić information content (AvgIpc) is 3.11. The maximum atomic E-state index is 11.4. The lowest BCUT2D eigenvalue weighted by molar-refractivity contribution is -0.303. The van der Waals surface area contributed by atoms with Gasteiger partial charge >= 0.3 is 11.9 Å². The molecule has 0 aromatic carbocycles. The van der Waals surface area contributed by atoms with Crippen LogP contribution in [0.5, 0.6) is 0 Å². The molecule has 3 aliphatic rings. The van der Waals surface area contributed by atoms with Crippen molar-refractivity contribution in [2.45, 2.75) is 103 Å². The Bertz CT molecular complexity index is 731. The van der Waals surface area contributed by atoms with Gasteiger partial charge in [0.2, 0.25) is 0 Å². The molecule has 34 heavy (non-hydrogen) atoms. The number of carboxylic acids is 1. The highest BCUT2D eigenvalue weighted by atomic mass is 16.7. The number of rotatable bonds is 11. The summed E-state index contributed by atoms with van der Waals surface area (Å²) in [7, 11) is 0. The molecule has 2 bridgehead atoms. The smallest absolute Gasteiger partial charge is 0.317 e. The molecule has 0 radical (unpaired) electrons. The van der Waals surface area contributed by atoms with E-state index in [4.69, 9.17) is 19.3 Å². The van der Waals surface area contributed by atoms with Crippen LogP contribution >= 0.6 is 0 Å². The number of aliphatic carboxylic acids is 1. The first kappa shape index (κ1) is 27.3. The first-order valence-electron chi connectivity index (χ1n) is 12.3. The number of carbonyl (C=O) groups excluding carboxylic acids is 1. The van der Waals surface area contributed by atoms with E-state index in [9.17, 15) is 30.0 Å². The zero-order valence-electron chi connectivity index (χ0n) is 20.3. The standard InChI is InChI=1S/C24H40O10/c1-13(5-4-7-23(2)14-6-8-24(23,3)16(25)9-14)11-33-22-21(31)20(30)19(29)15(34-22)12-32-18(28)10-17(26)27/h13-16,19-22,25,29-31H,4-12H2,1-3H3,(H,26,27)/t13?,14?,15-,16?,19-,20+,21-,22-,23?,24?/m0/s1. The largest absolute Gasteiger partial charge is 0.481 e. The van der Waals surface area contributed by atoms with Crippen LogP contribution in [0.15, 0.2) is 0 Å². The van der Waals surface area contributed by atoms with Gasteiger partial charge in [0, 0.05) is 0 Å². The van der Waals surface area contributed by atoms with Gasteiger partial charge in [-0.1, -0.05) is 27.2 Å². The highest BCUT2D eigenvalue weighted by Gasteiger charge is 2.62. The number of esters is 1. The van der Waals surface area contributed by atoms with E-state index < -0.39 is 55.7 Å². The number of hydrogen-bond acceptors (Lipinski definition) is 9. The van der Waals surface area contributed by atoms with Crippen molar-refractivity contribution < 1.29 is 49.3 Å². The molecule has 1 aliphatic heterocycles. The van der Waals surface area contributed by atoms with Gasteiger partial charge in [0.1, 0.15) is 37.4 Å². The minimum Gasteiger partial charge on any atom is -0.481 e. The van der Waals surface area contributed by atoms with Crippen LogP contribution in [0, 0.1) is 22.7 Å². The van der Waals surface area contributed by atoms with Crippen LogP contribution < -0.4 is 0 Å². The first-order chi connectivity index (χ1) is 15.9. The highest BCUT2D eigenvalue weighted by Crippen LogP contribution is 2.67. The van der Waals surface area contributed by atoms with Crippen LogP contribution in [0.4, 0.5) is 0 Å². The van der Waals surface area contributed by atoms with E-state index in [2.05, 4.69) is 13.8 Å². The molecular weight excluding hydrogens is 448 g/mol. The summed E-state index contributed by atoms with van der Waals surface area (Å²) in [4.78, 5) is 22.0. The number of fused-ring (bicyclic) bond motifs is 2. The van der Waals surface area contributed by atoms with E-state index >= 15 is 0 Å². The zero-order chi connectivity index (χ0) is 25.3. The monoisotopic (exact) mass is 488 g/mol. The van der Waals surface area contributed by atoms with Crippen molar-refractivity contribution in [3.05, 3.63) is 0 Å². The van der Waals surface area contributed by atoms with E-state index in [1.54, 1.807) is 0 Å². The Balaban J connectivity index is 1.44. The molecule has 10 nitrogen and oxygen atoms in total. The molecule has 3 rings (SSSR count). The number of ether oxygens (including phenoxy) is 3. The van der Waals surface area contributed by atoms with E-state index in [0.29, 0.717) is 5.92 Å². The lowest BCUT2D eigenvalue weighted by atomic mass is 9.66. The Morgan fingerprint density at radius 2 is 1.82 bits per heavy atom. The van der Waals surface area contributed by atoms with Crippen LogP contribution in [-0.2, 0) is 23.8 Å². The molecule has 0 aromatic heterocycles. The normalized spacial score (nSPS) is 42.5. The fraction of sp³-hybridized carbons (Fsp3) is 0.917. The Kier molecular flexibility index (Phi) is 8.63. The third kappa shape index (κ3) is 5.42. The summed E-state index contributed by atoms with van der Waals surface area (Å²) in [5.74, 6) is -1.63. The molecular formula is C24H40O10. The van der Waals surface area contributed by atoms with Gasteiger partial charge in [0.25, 0.3) is 0 Å². The van der Waals surface area contributed by atoms with Crippen LogP contribution in [0.25, 0.3) is 0 Å². The van der Waals surface area contributed by atoms with Gasteiger partial charge in [-0.3, -0.25) is 9.59 Å². The lowest BCUT2D eigenvalue weighted by Crippen LogP contribution is -2.59. The maximum Gasteiger partial charge on any atom is 0.317 e. The van der Waals surface area contributed by atoms with Gasteiger partial charge in [-0.2, -0.15) is 0 Å². The minimum absolute atomic E-state index is 0.0165. The lowest BCUT2D eigenvalue weighted by Gasteiger charge is -2.40. The molecule has 10 heteroatoms. The molecule has 1 saturated heterocycles. The van der Waals surface area contributed by atoms with Gasteiger partial charge < -0.3 is 39.7 Å². The summed E-state index contributed by atoms with van der Waals surface area (Å²) in [5, 5.41) is 49.6. The Labute approximate surface area is 200 Å². The van der Waals surface area contributed by atoms with Crippen LogP contribution in [0.2, 0.25) is 0 Å². The number of aliphatic hydroxyl groups excluding tert-OH is 4. The summed E-state index contributed by atoms with van der Waals surface area (Å²) >= 11 is 0. The summed E-state index contributed by atoms with van der Waals surface area (Å²) in [5.41, 5.74) is 0.124. The topological polar surface area (TPSA) is 163 Å². The molecule has 0 amide bonds. The second-order valence-electron chi connectivity index (χ2n) is 10.9. The molecule has 2 saturated carbocycles. The van der Waals surface area contributed by atoms with Gasteiger partial charge in [-0.05, 0) is 54.8 Å². The van der Waals surface area contributed by atoms with Gasteiger partial charge in [-0.25, -0.2) is 0 Å². The number of carbonyl (C=O) groups is 2. The summed E-state index contributed by atoms with van der Waals surface area (Å²) in [6.07, 6.45) is -1.96. The first-order valence-corrected chi connectivity index (χ1v) is 12.3. The minimum atomic E-state index is -1.57. The fourth-order valence-corrected chi connectivity index (χ4v) is 6.19. The number of hydrogen-bond donors (Lipinski definition) is 5. The Morgan fingerprint density at radius 1 is 1.12 bits per heavy atom. The van der Waals surface area contributed by atoms with E-state index in [0.717, 1.165) is 32.1 Å². The van der Waals surface area contributed by atoms with Crippen molar-refractivity contribution in [3.63, 3.8) is 0 Å². The van der Waals surface area contributed by atoms with Gasteiger partial charge in [0.05, 0.1) is 12.7 Å². The molecule has 1 heterocycles. The van der Waals surface area contributed by atoms with Crippen molar-refractivity contribution >= 4 is 11.9 Å². The highest BCUT2D eigenvalue weighted by molar-refractivity contribution is 5.90. The van der Waals surface area contributed by atoms with Crippen molar-refractivity contribution in [1.29, 1.82) is 0 Å². The molecule has 5 unspecified atom stereocenters. The number of carboxylic acid groups (broad SMARTS) is 1. The summed E-state index contributed by atoms with van der Waals surface area (Å²) in [6.45, 7) is 6.33. The molecule has 5 N–H and O–H groups in total. The molecule has 0 aromatic rings. The summed E-state index contributed by atoms with van der Waals surface area (Å²) < 4.78 is 16.0.